The molecule has 0 spiro atoms. The number of carbonyl (C=O) groups is 1. The van der Waals surface area contributed by atoms with Gasteiger partial charge in [0.2, 0.25) is 5.12 Å². The lowest BCUT2D eigenvalue weighted by atomic mass is 9.94. The maximum absolute atomic E-state index is 12.9. The molecule has 106 valence electrons. The van der Waals surface area contributed by atoms with E-state index in [0.29, 0.717) is 16.7 Å². The lowest BCUT2D eigenvalue weighted by molar-refractivity contribution is -0.200. The summed E-state index contributed by atoms with van der Waals surface area (Å²) in [6.45, 7) is 2.90. The zero-order chi connectivity index (χ0) is 14.6. The topological polar surface area (TPSA) is 37.3 Å². The van der Waals surface area contributed by atoms with Crippen LogP contribution >= 0.6 is 11.8 Å². The van der Waals surface area contributed by atoms with Crippen LogP contribution in [0.1, 0.15) is 13.8 Å². The van der Waals surface area contributed by atoms with Crippen LogP contribution in [0.4, 0.5) is 13.2 Å². The molecular weight excluding hydrogens is 277 g/mol. The molecule has 0 aliphatic carbocycles. The summed E-state index contributed by atoms with van der Waals surface area (Å²) in [6.07, 6.45) is -6.48. The quantitative estimate of drug-likeness (QED) is 0.863. The molecule has 0 saturated heterocycles. The Bertz CT molecular complexity index is 418. The average Bonchev–Trinajstić information content (AvgIpc) is 2.28. The van der Waals surface area contributed by atoms with Gasteiger partial charge in [-0.2, -0.15) is 13.2 Å². The van der Waals surface area contributed by atoms with Crippen LogP contribution in [-0.2, 0) is 4.79 Å². The van der Waals surface area contributed by atoms with Crippen molar-refractivity contribution in [3.8, 4) is 0 Å². The smallest absolute Gasteiger partial charge is 0.392 e. The molecule has 0 amide bonds. The van der Waals surface area contributed by atoms with Crippen molar-refractivity contribution in [3.05, 3.63) is 30.3 Å². The molecule has 0 heterocycles. The number of halogens is 3. The van der Waals surface area contributed by atoms with E-state index in [1.165, 1.54) is 13.8 Å². The van der Waals surface area contributed by atoms with Crippen LogP contribution in [0.2, 0.25) is 0 Å². The van der Waals surface area contributed by atoms with Crippen LogP contribution in [0, 0.1) is 11.8 Å². The highest BCUT2D eigenvalue weighted by Crippen LogP contribution is 2.37. The van der Waals surface area contributed by atoms with Gasteiger partial charge in [0.15, 0.2) is 0 Å². The summed E-state index contributed by atoms with van der Waals surface area (Å²) in [7, 11) is 0. The molecule has 1 rings (SSSR count). The van der Waals surface area contributed by atoms with Crippen LogP contribution in [0.5, 0.6) is 0 Å². The fourth-order valence-corrected chi connectivity index (χ4v) is 2.45. The lowest BCUT2D eigenvalue weighted by Gasteiger charge is -2.26. The van der Waals surface area contributed by atoms with Gasteiger partial charge in [-0.05, 0) is 18.1 Å². The summed E-state index contributed by atoms with van der Waals surface area (Å²) in [4.78, 5) is 12.2. The number of hydrogen-bond donors (Lipinski definition) is 1. The molecule has 0 bridgehead atoms. The minimum absolute atomic E-state index is 0.428. The molecular formula is C13H15F3O2S. The third-order valence-corrected chi connectivity index (χ3v) is 3.56. The third kappa shape index (κ3) is 4.54. The molecule has 19 heavy (non-hydrogen) atoms. The van der Waals surface area contributed by atoms with Crippen molar-refractivity contribution >= 4 is 16.9 Å². The second kappa shape index (κ2) is 6.43. The van der Waals surface area contributed by atoms with E-state index < -0.39 is 29.2 Å². The van der Waals surface area contributed by atoms with E-state index in [1.807, 2.05) is 0 Å². The van der Waals surface area contributed by atoms with E-state index in [9.17, 15) is 23.1 Å². The Morgan fingerprint density at radius 2 is 1.74 bits per heavy atom. The molecule has 1 N–H and O–H groups in total. The predicted octanol–water partition coefficient (Wildman–Crippen LogP) is 3.50. The maximum atomic E-state index is 12.9. The Labute approximate surface area is 114 Å². The predicted molar refractivity (Wildman–Crippen MR) is 67.7 cm³/mol. The first-order chi connectivity index (χ1) is 8.73. The second-order valence-electron chi connectivity index (χ2n) is 4.49. The van der Waals surface area contributed by atoms with Crippen molar-refractivity contribution in [2.45, 2.75) is 31.0 Å². The van der Waals surface area contributed by atoms with Crippen LogP contribution in [0.25, 0.3) is 0 Å². The van der Waals surface area contributed by atoms with Gasteiger partial charge in [0.05, 0.1) is 6.10 Å². The first-order valence-electron chi connectivity index (χ1n) is 5.75. The first-order valence-corrected chi connectivity index (χ1v) is 6.56. The fourth-order valence-electron chi connectivity index (χ4n) is 1.52. The van der Waals surface area contributed by atoms with Gasteiger partial charge in [-0.1, -0.05) is 43.8 Å². The van der Waals surface area contributed by atoms with Gasteiger partial charge in [0, 0.05) is 4.90 Å². The highest BCUT2D eigenvalue weighted by molar-refractivity contribution is 8.13. The van der Waals surface area contributed by atoms with Crippen LogP contribution < -0.4 is 0 Å². The molecule has 0 saturated carbocycles. The zero-order valence-corrected chi connectivity index (χ0v) is 11.3. The number of aliphatic hydroxyl groups is 1. The Hall–Kier alpha value is -1.01. The number of thioether (sulfide) groups is 1. The molecule has 1 aromatic carbocycles. The lowest BCUT2D eigenvalue weighted by Crippen LogP contribution is -2.41. The summed E-state index contributed by atoms with van der Waals surface area (Å²) in [6, 6.07) is 8.09. The summed E-state index contributed by atoms with van der Waals surface area (Å²) in [5.41, 5.74) is 0. The Balaban J connectivity index is 2.90. The number of aliphatic hydroxyl groups excluding tert-OH is 1. The van der Waals surface area contributed by atoms with E-state index in [0.717, 1.165) is 0 Å². The molecule has 2 atom stereocenters. The van der Waals surface area contributed by atoms with Crippen LogP contribution in [-0.4, -0.2) is 22.5 Å². The monoisotopic (exact) mass is 292 g/mol. The third-order valence-electron chi connectivity index (χ3n) is 2.59. The Morgan fingerprint density at radius 1 is 1.21 bits per heavy atom. The van der Waals surface area contributed by atoms with Crippen LogP contribution in [0.3, 0.4) is 0 Å². The average molecular weight is 292 g/mol. The van der Waals surface area contributed by atoms with Gasteiger partial charge in [-0.25, -0.2) is 0 Å². The fraction of sp³-hybridized carbons (Fsp3) is 0.462. The molecule has 0 aromatic heterocycles. The number of benzene rings is 1. The minimum atomic E-state index is -4.75. The molecule has 0 radical (unpaired) electrons. The van der Waals surface area contributed by atoms with E-state index in [-0.39, 0.29) is 0 Å². The van der Waals surface area contributed by atoms with E-state index >= 15 is 0 Å². The Kier molecular flexibility index (Phi) is 5.43. The molecule has 6 heteroatoms. The second-order valence-corrected chi connectivity index (χ2v) is 5.57. The summed E-state index contributed by atoms with van der Waals surface area (Å²) >= 11 is 0.505. The number of rotatable bonds is 4. The van der Waals surface area contributed by atoms with E-state index in [1.54, 1.807) is 30.3 Å². The van der Waals surface area contributed by atoms with Gasteiger partial charge < -0.3 is 5.11 Å². The van der Waals surface area contributed by atoms with Gasteiger partial charge >= 0.3 is 6.18 Å². The van der Waals surface area contributed by atoms with Crippen molar-refractivity contribution in [2.75, 3.05) is 0 Å². The SMILES string of the molecule is CC(C)[C@H](O)[C@H](C(=O)Sc1ccccc1)C(F)(F)F. The molecule has 0 aliphatic heterocycles. The number of alkyl halides is 3. The number of carbonyl (C=O) groups excluding carboxylic acids is 1. The summed E-state index contributed by atoms with van der Waals surface area (Å²) < 4.78 is 38.7. The molecule has 0 aliphatic rings. The van der Waals surface area contributed by atoms with Crippen LogP contribution in [0.15, 0.2) is 35.2 Å². The standard InChI is InChI=1S/C13H15F3O2S/c1-8(2)11(17)10(13(14,15)16)12(18)19-9-6-4-3-5-7-9/h3-8,10-11,17H,1-2H3/t10-,11+/m1/s1. The first kappa shape index (κ1) is 16.0. The van der Waals surface area contributed by atoms with Gasteiger partial charge in [-0.3, -0.25) is 4.79 Å². The Morgan fingerprint density at radius 3 is 2.16 bits per heavy atom. The van der Waals surface area contributed by atoms with Gasteiger partial charge in [-0.15, -0.1) is 0 Å². The summed E-state index contributed by atoms with van der Waals surface area (Å²) in [5, 5.41) is 8.53. The largest absolute Gasteiger partial charge is 0.402 e. The molecule has 0 fully saturated rings. The van der Waals surface area contributed by atoms with E-state index in [4.69, 9.17) is 0 Å². The van der Waals surface area contributed by atoms with Gasteiger partial charge in [0.25, 0.3) is 0 Å². The van der Waals surface area contributed by atoms with Crippen molar-refractivity contribution in [3.63, 3.8) is 0 Å². The van der Waals surface area contributed by atoms with Crippen molar-refractivity contribution in [1.82, 2.24) is 0 Å². The van der Waals surface area contributed by atoms with E-state index in [2.05, 4.69) is 0 Å². The highest BCUT2D eigenvalue weighted by atomic mass is 32.2. The molecule has 2 nitrogen and oxygen atoms in total. The highest BCUT2D eigenvalue weighted by Gasteiger charge is 2.50. The molecule has 1 aromatic rings. The normalized spacial score (nSPS) is 15.3. The van der Waals surface area contributed by atoms with Crippen molar-refractivity contribution in [2.24, 2.45) is 11.8 Å². The number of hydrogen-bond acceptors (Lipinski definition) is 3. The van der Waals surface area contributed by atoms with Crippen molar-refractivity contribution < 1.29 is 23.1 Å². The van der Waals surface area contributed by atoms with Crippen molar-refractivity contribution in [1.29, 1.82) is 0 Å². The summed E-state index contributed by atoms with van der Waals surface area (Å²) in [5.74, 6) is -3.01. The van der Waals surface area contributed by atoms with Gasteiger partial charge in [0.1, 0.15) is 5.92 Å². The molecule has 0 unspecified atom stereocenters. The zero-order valence-electron chi connectivity index (χ0n) is 10.5. The maximum Gasteiger partial charge on any atom is 0.402 e. The minimum Gasteiger partial charge on any atom is -0.392 e.